The van der Waals surface area contributed by atoms with Crippen molar-refractivity contribution in [1.82, 2.24) is 19.2 Å². The van der Waals surface area contributed by atoms with Gasteiger partial charge in [0.25, 0.3) is 5.91 Å². The first kappa shape index (κ1) is 22.0. The number of carbonyl (C=O) groups is 1. The number of hydrogen-bond acceptors (Lipinski definition) is 3. The maximum absolute atomic E-state index is 13.9. The second kappa shape index (κ2) is 8.86. The first-order valence-corrected chi connectivity index (χ1v) is 11.8. The van der Waals surface area contributed by atoms with Crippen LogP contribution in [0.4, 0.5) is 5.69 Å². The summed E-state index contributed by atoms with van der Waals surface area (Å²) in [5.74, 6) is 0.820. The lowest BCUT2D eigenvalue weighted by molar-refractivity contribution is 0.0725. The molecule has 0 aliphatic carbocycles. The monoisotopic (exact) mass is 453 g/mol. The topological polar surface area (TPSA) is 46.3 Å². The molecule has 1 fully saturated rings. The molecule has 4 aromatic rings. The Hall–Kier alpha value is -3.80. The third-order valence-electron chi connectivity index (χ3n) is 6.63. The van der Waals surface area contributed by atoms with Gasteiger partial charge in [0, 0.05) is 43.8 Å². The van der Waals surface area contributed by atoms with E-state index in [1.807, 2.05) is 57.7 Å². The molecule has 2 aromatic heterocycles. The van der Waals surface area contributed by atoms with Crippen LogP contribution in [0.5, 0.6) is 0 Å². The largest absolute Gasteiger partial charge is 0.365 e. The summed E-state index contributed by atoms with van der Waals surface area (Å²) in [7, 11) is 0. The van der Waals surface area contributed by atoms with Crippen LogP contribution in [-0.4, -0.2) is 50.8 Å². The summed E-state index contributed by atoms with van der Waals surface area (Å²) in [6.07, 6.45) is 3.94. The summed E-state index contributed by atoms with van der Waals surface area (Å²) in [5.41, 5.74) is 5.99. The molecule has 0 spiro atoms. The Kier molecular flexibility index (Phi) is 5.74. The van der Waals surface area contributed by atoms with Gasteiger partial charge < -0.3 is 14.4 Å². The lowest BCUT2D eigenvalue weighted by Crippen LogP contribution is -2.54. The van der Waals surface area contributed by atoms with E-state index < -0.39 is 0 Å². The number of nitrogens with zero attached hydrogens (tertiary/aromatic N) is 5. The summed E-state index contributed by atoms with van der Waals surface area (Å²) >= 11 is 0. The second-order valence-electron chi connectivity index (χ2n) is 9.25. The number of carbonyl (C=O) groups excluding carboxylic acids is 1. The van der Waals surface area contributed by atoms with Gasteiger partial charge in [0.1, 0.15) is 5.56 Å². The first-order valence-electron chi connectivity index (χ1n) is 11.8. The summed E-state index contributed by atoms with van der Waals surface area (Å²) in [6, 6.07) is 21.0. The van der Waals surface area contributed by atoms with Crippen molar-refractivity contribution in [3.05, 3.63) is 95.4 Å². The molecule has 0 bridgehead atoms. The van der Waals surface area contributed by atoms with Crippen molar-refractivity contribution >= 4 is 11.6 Å². The SMILES string of the molecule is Cc1ccc(-n2nc(C)c(C(=O)N3CCN(c4cccc(C)c4)[C@@H](C)C3)c2-n2cccc2)cc1. The highest BCUT2D eigenvalue weighted by molar-refractivity contribution is 5.99. The number of aromatic nitrogens is 3. The van der Waals surface area contributed by atoms with Crippen LogP contribution in [0.3, 0.4) is 0 Å². The Bertz CT molecular complexity index is 1300. The van der Waals surface area contributed by atoms with Crippen LogP contribution < -0.4 is 4.90 Å². The third kappa shape index (κ3) is 4.00. The van der Waals surface area contributed by atoms with Gasteiger partial charge in [0.05, 0.1) is 11.4 Å². The molecule has 3 heterocycles. The molecule has 0 N–H and O–H groups in total. The lowest BCUT2D eigenvalue weighted by atomic mass is 10.1. The molecule has 34 heavy (non-hydrogen) atoms. The maximum Gasteiger partial charge on any atom is 0.259 e. The van der Waals surface area contributed by atoms with E-state index >= 15 is 0 Å². The number of benzene rings is 2. The zero-order valence-electron chi connectivity index (χ0n) is 20.3. The van der Waals surface area contributed by atoms with E-state index in [0.29, 0.717) is 18.7 Å². The van der Waals surface area contributed by atoms with Crippen LogP contribution >= 0.6 is 0 Å². The summed E-state index contributed by atoms with van der Waals surface area (Å²) in [4.78, 5) is 18.3. The van der Waals surface area contributed by atoms with Crippen LogP contribution in [0.25, 0.3) is 11.5 Å². The van der Waals surface area contributed by atoms with Gasteiger partial charge in [0.2, 0.25) is 0 Å². The average Bonchev–Trinajstić information content (AvgIpc) is 3.47. The van der Waals surface area contributed by atoms with Gasteiger partial charge in [-0.1, -0.05) is 29.8 Å². The fourth-order valence-electron chi connectivity index (χ4n) is 4.84. The van der Waals surface area contributed by atoms with E-state index in [1.165, 1.54) is 16.8 Å². The molecule has 1 saturated heterocycles. The molecule has 0 radical (unpaired) electrons. The minimum absolute atomic E-state index is 0.0373. The van der Waals surface area contributed by atoms with Crippen molar-refractivity contribution < 1.29 is 4.79 Å². The zero-order valence-corrected chi connectivity index (χ0v) is 20.3. The number of aryl methyl sites for hydroxylation is 3. The second-order valence-corrected chi connectivity index (χ2v) is 9.25. The molecule has 1 amide bonds. The number of amides is 1. The summed E-state index contributed by atoms with van der Waals surface area (Å²) < 4.78 is 3.87. The van der Waals surface area contributed by atoms with E-state index in [9.17, 15) is 4.79 Å². The maximum atomic E-state index is 13.9. The standard InChI is InChI=1S/C28H31N5O/c1-20-10-12-24(13-11-20)33-27(30-14-5-6-15-30)26(23(4)29-33)28(34)31-16-17-32(22(3)19-31)25-9-7-8-21(2)18-25/h5-15,18,22H,16-17,19H2,1-4H3/t22-/m0/s1. The summed E-state index contributed by atoms with van der Waals surface area (Å²) in [6.45, 7) is 10.5. The predicted molar refractivity (Wildman–Crippen MR) is 136 cm³/mol. The molecule has 1 atom stereocenters. The first-order chi connectivity index (χ1) is 16.4. The molecule has 0 saturated carbocycles. The van der Waals surface area contributed by atoms with Gasteiger partial charge >= 0.3 is 0 Å². The predicted octanol–water partition coefficient (Wildman–Crippen LogP) is 4.94. The summed E-state index contributed by atoms with van der Waals surface area (Å²) in [5, 5.41) is 4.81. The van der Waals surface area contributed by atoms with Crippen LogP contribution in [-0.2, 0) is 0 Å². The molecule has 174 valence electrons. The molecule has 6 heteroatoms. The van der Waals surface area contributed by atoms with Gasteiger partial charge in [-0.2, -0.15) is 5.10 Å². The van der Waals surface area contributed by atoms with Crippen molar-refractivity contribution in [2.75, 3.05) is 24.5 Å². The van der Waals surface area contributed by atoms with Crippen LogP contribution in [0.2, 0.25) is 0 Å². The van der Waals surface area contributed by atoms with Crippen LogP contribution in [0, 0.1) is 20.8 Å². The van der Waals surface area contributed by atoms with E-state index in [2.05, 4.69) is 62.1 Å². The quantitative estimate of drug-likeness (QED) is 0.440. The Morgan fingerprint density at radius 3 is 2.29 bits per heavy atom. The number of rotatable bonds is 4. The van der Waals surface area contributed by atoms with E-state index in [-0.39, 0.29) is 11.9 Å². The highest BCUT2D eigenvalue weighted by atomic mass is 16.2. The van der Waals surface area contributed by atoms with Crippen molar-refractivity contribution in [2.24, 2.45) is 0 Å². The van der Waals surface area contributed by atoms with Gasteiger partial charge in [-0.25, -0.2) is 4.68 Å². The van der Waals surface area contributed by atoms with Gasteiger partial charge in [-0.3, -0.25) is 4.79 Å². The van der Waals surface area contributed by atoms with Crippen molar-refractivity contribution in [2.45, 2.75) is 33.7 Å². The van der Waals surface area contributed by atoms with Crippen molar-refractivity contribution in [1.29, 1.82) is 0 Å². The van der Waals surface area contributed by atoms with Gasteiger partial charge in [0.15, 0.2) is 5.82 Å². The Labute approximate surface area is 201 Å². The average molecular weight is 454 g/mol. The van der Waals surface area contributed by atoms with Crippen LogP contribution in [0.1, 0.15) is 34.1 Å². The third-order valence-corrected chi connectivity index (χ3v) is 6.63. The normalized spacial score (nSPS) is 16.2. The molecule has 0 unspecified atom stereocenters. The number of hydrogen-bond donors (Lipinski definition) is 0. The zero-order chi connectivity index (χ0) is 23.8. The molecule has 2 aromatic carbocycles. The minimum atomic E-state index is 0.0373. The fourth-order valence-corrected chi connectivity index (χ4v) is 4.84. The highest BCUT2D eigenvalue weighted by Gasteiger charge is 2.32. The van der Waals surface area contributed by atoms with E-state index in [0.717, 1.165) is 23.7 Å². The number of piperazine rings is 1. The van der Waals surface area contributed by atoms with Crippen molar-refractivity contribution in [3.8, 4) is 11.5 Å². The molecule has 5 rings (SSSR count). The smallest absolute Gasteiger partial charge is 0.259 e. The highest BCUT2D eigenvalue weighted by Crippen LogP contribution is 2.27. The minimum Gasteiger partial charge on any atom is -0.365 e. The van der Waals surface area contributed by atoms with Gasteiger partial charge in [-0.15, -0.1) is 0 Å². The number of anilines is 1. The molecule has 6 nitrogen and oxygen atoms in total. The Morgan fingerprint density at radius 1 is 0.882 bits per heavy atom. The fraction of sp³-hybridized carbons (Fsp3) is 0.286. The van der Waals surface area contributed by atoms with Crippen LogP contribution in [0.15, 0.2) is 73.1 Å². The Balaban J connectivity index is 1.48. The van der Waals surface area contributed by atoms with Crippen molar-refractivity contribution in [3.63, 3.8) is 0 Å². The van der Waals surface area contributed by atoms with E-state index in [1.54, 1.807) is 0 Å². The molecular weight excluding hydrogens is 422 g/mol. The Morgan fingerprint density at radius 2 is 1.62 bits per heavy atom. The molecular formula is C28H31N5O. The molecule has 1 aliphatic heterocycles. The van der Waals surface area contributed by atoms with E-state index in [4.69, 9.17) is 5.10 Å². The molecule has 1 aliphatic rings. The lowest BCUT2D eigenvalue weighted by Gasteiger charge is -2.41. The van der Waals surface area contributed by atoms with Gasteiger partial charge in [-0.05, 0) is 69.7 Å².